The quantitative estimate of drug-likeness (QED) is 0.327. The fourth-order valence-corrected chi connectivity index (χ4v) is 4.16. The summed E-state index contributed by atoms with van der Waals surface area (Å²) in [6.45, 7) is 1.82. The van der Waals surface area contributed by atoms with Crippen LogP contribution in [0.15, 0.2) is 66.2 Å². The minimum absolute atomic E-state index is 0.102. The molecule has 0 spiro atoms. The van der Waals surface area contributed by atoms with E-state index >= 15 is 0 Å². The Hall–Kier alpha value is -3.81. The number of benzene rings is 2. The highest BCUT2D eigenvalue weighted by Crippen LogP contribution is 2.49. The minimum atomic E-state index is -0.807. The van der Waals surface area contributed by atoms with E-state index in [1.165, 1.54) is 30.3 Å². The summed E-state index contributed by atoms with van der Waals surface area (Å²) in [7, 11) is 0. The molecule has 8 nitrogen and oxygen atoms in total. The zero-order valence-electron chi connectivity index (χ0n) is 16.1. The van der Waals surface area contributed by atoms with Crippen molar-refractivity contribution < 1.29 is 24.0 Å². The van der Waals surface area contributed by atoms with E-state index in [4.69, 9.17) is 4.74 Å². The van der Waals surface area contributed by atoms with Gasteiger partial charge in [0.05, 0.1) is 29.1 Å². The fourth-order valence-electron chi connectivity index (χ4n) is 4.16. The maximum absolute atomic E-state index is 13.3. The average molecular weight is 406 g/mol. The highest BCUT2D eigenvalue weighted by Gasteiger charge is 2.56. The van der Waals surface area contributed by atoms with Crippen LogP contribution in [0.1, 0.15) is 18.4 Å². The third-order valence-electron chi connectivity index (χ3n) is 5.44. The van der Waals surface area contributed by atoms with Crippen LogP contribution in [-0.4, -0.2) is 29.3 Å². The van der Waals surface area contributed by atoms with Crippen molar-refractivity contribution in [2.75, 3.05) is 11.5 Å². The summed E-state index contributed by atoms with van der Waals surface area (Å²) in [5.74, 6) is -3.73. The molecule has 0 aromatic heterocycles. The number of rotatable bonds is 5. The maximum atomic E-state index is 13.3. The molecule has 2 aromatic carbocycles. The molecule has 1 fully saturated rings. The molecular formula is C22H18N2O6. The Kier molecular flexibility index (Phi) is 4.91. The van der Waals surface area contributed by atoms with Crippen molar-refractivity contribution in [2.45, 2.75) is 12.8 Å². The van der Waals surface area contributed by atoms with Crippen LogP contribution in [0.25, 0.3) is 0 Å². The Labute approximate surface area is 171 Å². The molecule has 30 heavy (non-hydrogen) atoms. The van der Waals surface area contributed by atoms with Gasteiger partial charge in [0, 0.05) is 23.6 Å². The normalized spacial score (nSPS) is 22.6. The van der Waals surface area contributed by atoms with E-state index in [-0.39, 0.29) is 17.9 Å². The summed E-state index contributed by atoms with van der Waals surface area (Å²) in [6, 6.07) is 14.3. The largest absolute Gasteiger partial charge is 0.463 e. The number of fused-ring (bicyclic) bond motifs is 1. The van der Waals surface area contributed by atoms with E-state index in [0.717, 1.165) is 4.90 Å². The monoisotopic (exact) mass is 406 g/mol. The predicted octanol–water partition coefficient (Wildman–Crippen LogP) is 2.99. The lowest BCUT2D eigenvalue weighted by Crippen LogP contribution is -2.33. The van der Waals surface area contributed by atoms with Crippen molar-refractivity contribution in [3.05, 3.63) is 81.9 Å². The van der Waals surface area contributed by atoms with Crippen molar-refractivity contribution in [1.82, 2.24) is 0 Å². The standard InChI is InChI=1S/C22H18N2O6/c1-2-30-22(27)17-12-16-19(18(17)13-8-10-15(11-9-13)24(28)29)21(26)23(20(16)25)14-6-4-3-5-7-14/h3-12,16,18-19H,2H2,1H3/t16-,18-,19-/m1/s1. The summed E-state index contributed by atoms with van der Waals surface area (Å²) in [5, 5.41) is 11.0. The lowest BCUT2D eigenvalue weighted by atomic mass is 9.82. The Morgan fingerprint density at radius 2 is 1.73 bits per heavy atom. The van der Waals surface area contributed by atoms with Gasteiger partial charge in [-0.05, 0) is 24.6 Å². The summed E-state index contributed by atoms with van der Waals surface area (Å²) < 4.78 is 5.14. The van der Waals surface area contributed by atoms with E-state index < -0.39 is 40.5 Å². The molecular weight excluding hydrogens is 388 g/mol. The maximum Gasteiger partial charge on any atom is 0.334 e. The molecule has 0 unspecified atom stereocenters. The van der Waals surface area contributed by atoms with Crippen LogP contribution in [0, 0.1) is 22.0 Å². The van der Waals surface area contributed by atoms with E-state index in [1.54, 1.807) is 37.3 Å². The number of nitrogens with zero attached hydrogens (tertiary/aromatic N) is 2. The number of carbonyl (C=O) groups is 3. The van der Waals surface area contributed by atoms with E-state index in [2.05, 4.69) is 0 Å². The first-order valence-electron chi connectivity index (χ1n) is 9.50. The number of para-hydroxylation sites is 1. The molecule has 0 bridgehead atoms. The second kappa shape index (κ2) is 7.55. The molecule has 1 saturated heterocycles. The smallest absolute Gasteiger partial charge is 0.334 e. The van der Waals surface area contributed by atoms with Crippen LogP contribution in [-0.2, 0) is 19.1 Å². The number of imide groups is 1. The van der Waals surface area contributed by atoms with Gasteiger partial charge in [-0.2, -0.15) is 0 Å². The Morgan fingerprint density at radius 1 is 1.07 bits per heavy atom. The van der Waals surface area contributed by atoms with Crippen molar-refractivity contribution in [3.8, 4) is 0 Å². The molecule has 8 heteroatoms. The van der Waals surface area contributed by atoms with Gasteiger partial charge in [-0.1, -0.05) is 36.4 Å². The molecule has 1 aliphatic carbocycles. The summed E-state index contributed by atoms with van der Waals surface area (Å²) >= 11 is 0. The summed E-state index contributed by atoms with van der Waals surface area (Å²) in [5.41, 5.74) is 1.14. The molecule has 2 aromatic rings. The van der Waals surface area contributed by atoms with Crippen LogP contribution in [0.3, 0.4) is 0 Å². The van der Waals surface area contributed by atoms with Crippen LogP contribution in [0.4, 0.5) is 11.4 Å². The second-order valence-electron chi connectivity index (χ2n) is 7.07. The molecule has 4 rings (SSSR count). The van der Waals surface area contributed by atoms with Crippen molar-refractivity contribution in [2.24, 2.45) is 11.8 Å². The number of hydrogen-bond donors (Lipinski definition) is 0. The zero-order valence-corrected chi connectivity index (χ0v) is 16.1. The van der Waals surface area contributed by atoms with E-state index in [1.807, 2.05) is 0 Å². The van der Waals surface area contributed by atoms with Crippen LogP contribution in [0.5, 0.6) is 0 Å². The first-order valence-corrected chi connectivity index (χ1v) is 9.50. The van der Waals surface area contributed by atoms with Gasteiger partial charge < -0.3 is 4.74 Å². The lowest BCUT2D eigenvalue weighted by Gasteiger charge is -2.22. The molecule has 152 valence electrons. The average Bonchev–Trinajstić information content (AvgIpc) is 3.25. The van der Waals surface area contributed by atoms with Gasteiger partial charge in [0.15, 0.2) is 0 Å². The molecule has 2 aliphatic rings. The minimum Gasteiger partial charge on any atom is -0.463 e. The van der Waals surface area contributed by atoms with Crippen LogP contribution in [0.2, 0.25) is 0 Å². The van der Waals surface area contributed by atoms with Crippen molar-refractivity contribution >= 4 is 29.2 Å². The fraction of sp³-hybridized carbons (Fsp3) is 0.227. The molecule has 1 heterocycles. The third-order valence-corrected chi connectivity index (χ3v) is 5.44. The third kappa shape index (κ3) is 3.06. The number of nitro groups is 1. The van der Waals surface area contributed by atoms with E-state index in [0.29, 0.717) is 11.3 Å². The summed E-state index contributed by atoms with van der Waals surface area (Å²) in [4.78, 5) is 50.5. The zero-order chi connectivity index (χ0) is 21.4. The lowest BCUT2D eigenvalue weighted by molar-refractivity contribution is -0.384. The molecule has 0 radical (unpaired) electrons. The second-order valence-corrected chi connectivity index (χ2v) is 7.07. The number of anilines is 1. The Morgan fingerprint density at radius 3 is 2.33 bits per heavy atom. The number of amides is 2. The van der Waals surface area contributed by atoms with Gasteiger partial charge in [-0.3, -0.25) is 19.7 Å². The highest BCUT2D eigenvalue weighted by molar-refractivity contribution is 6.24. The van der Waals surface area contributed by atoms with Gasteiger partial charge in [0.2, 0.25) is 11.8 Å². The molecule has 1 aliphatic heterocycles. The number of ether oxygens (including phenoxy) is 1. The van der Waals surface area contributed by atoms with Gasteiger partial charge in [0.1, 0.15) is 0 Å². The van der Waals surface area contributed by atoms with Gasteiger partial charge in [0.25, 0.3) is 5.69 Å². The first-order chi connectivity index (χ1) is 14.4. The summed E-state index contributed by atoms with van der Waals surface area (Å²) in [6.07, 6.45) is 1.51. The van der Waals surface area contributed by atoms with Gasteiger partial charge >= 0.3 is 5.97 Å². The highest BCUT2D eigenvalue weighted by atomic mass is 16.6. The number of esters is 1. The van der Waals surface area contributed by atoms with Gasteiger partial charge in [-0.25, -0.2) is 9.69 Å². The predicted molar refractivity (Wildman–Crippen MR) is 106 cm³/mol. The van der Waals surface area contributed by atoms with Crippen LogP contribution < -0.4 is 4.90 Å². The number of hydrogen-bond acceptors (Lipinski definition) is 6. The molecule has 0 saturated carbocycles. The molecule has 2 amide bonds. The first kappa shape index (κ1) is 19.5. The number of nitro benzene ring substituents is 1. The van der Waals surface area contributed by atoms with Gasteiger partial charge in [-0.15, -0.1) is 0 Å². The van der Waals surface area contributed by atoms with Crippen molar-refractivity contribution in [3.63, 3.8) is 0 Å². The SMILES string of the molecule is CCOC(=O)C1=C[C@H]2C(=O)N(c3ccccc3)C(=O)[C@H]2[C@@H]1c1ccc([N+](=O)[O-])cc1. The van der Waals surface area contributed by atoms with Crippen LogP contribution >= 0.6 is 0 Å². The Bertz CT molecular complexity index is 1060. The van der Waals surface area contributed by atoms with E-state index in [9.17, 15) is 24.5 Å². The number of carbonyl (C=O) groups excluding carboxylic acids is 3. The molecule has 0 N–H and O–H groups in total. The number of non-ortho nitro benzene ring substituents is 1. The Balaban J connectivity index is 1.77. The van der Waals surface area contributed by atoms with Crippen molar-refractivity contribution in [1.29, 1.82) is 0 Å². The molecule has 3 atom stereocenters. The topological polar surface area (TPSA) is 107 Å².